The van der Waals surface area contributed by atoms with Crippen LogP contribution in [-0.2, 0) is 17.8 Å². The van der Waals surface area contributed by atoms with E-state index in [2.05, 4.69) is 25.9 Å². The van der Waals surface area contributed by atoms with Crippen LogP contribution in [0, 0.1) is 6.92 Å². The lowest BCUT2D eigenvalue weighted by Gasteiger charge is -2.15. The minimum Gasteiger partial charge on any atom is -0.478 e. The van der Waals surface area contributed by atoms with Gasteiger partial charge in [0.1, 0.15) is 23.8 Å². The molecule has 2 heterocycles. The van der Waals surface area contributed by atoms with Gasteiger partial charge in [-0.1, -0.05) is 30.3 Å². The van der Waals surface area contributed by atoms with Crippen LogP contribution < -0.4 is 16.0 Å². The molecule has 5 rings (SSSR count). The Morgan fingerprint density at radius 3 is 2.52 bits per heavy atom. The summed E-state index contributed by atoms with van der Waals surface area (Å²) in [6.07, 6.45) is 2.40. The van der Waals surface area contributed by atoms with Crippen LogP contribution in [0.4, 0.5) is 4.79 Å². The van der Waals surface area contributed by atoms with Gasteiger partial charge < -0.3 is 21.1 Å². The van der Waals surface area contributed by atoms with Gasteiger partial charge in [-0.3, -0.25) is 19.3 Å². The zero-order chi connectivity index (χ0) is 28.6. The summed E-state index contributed by atoms with van der Waals surface area (Å²) in [5, 5.41) is 17.7. The smallest absolute Gasteiger partial charge is 0.335 e. The first-order valence-electron chi connectivity index (χ1n) is 12.6. The van der Waals surface area contributed by atoms with E-state index in [1.807, 2.05) is 0 Å². The Morgan fingerprint density at radius 2 is 1.82 bits per heavy atom. The van der Waals surface area contributed by atoms with E-state index < -0.39 is 29.9 Å². The topological polar surface area (TPSA) is 171 Å². The number of imide groups is 1. The maximum Gasteiger partial charge on any atom is 0.335 e. The van der Waals surface area contributed by atoms with Gasteiger partial charge >= 0.3 is 12.0 Å². The van der Waals surface area contributed by atoms with Gasteiger partial charge in [-0.2, -0.15) is 0 Å². The van der Waals surface area contributed by atoms with Crippen molar-refractivity contribution in [2.24, 2.45) is 0 Å². The number of fused-ring (bicyclic) bond motifs is 1. The predicted octanol–water partition coefficient (Wildman–Crippen LogP) is 2.05. The summed E-state index contributed by atoms with van der Waals surface area (Å²) in [5.74, 6) is -2.35. The highest BCUT2D eigenvalue weighted by atomic mass is 16.4. The number of hydrogen-bond donors (Lipinski definition) is 4. The van der Waals surface area contributed by atoms with Gasteiger partial charge in [-0.05, 0) is 53.6 Å². The normalized spacial score (nSPS) is 17.8. The number of aromatic nitrogens is 2. The lowest BCUT2D eigenvalue weighted by molar-refractivity contribution is -0.126. The SMILES string of the molecule is Cc1c(C(=O)O)ccc2c1CC[C@@H]2NC(=O)c1cc(C(=O)NCc2cccc(C3NC(=O)N(C)C3=O)c2)ncn1. The lowest BCUT2D eigenvalue weighted by Crippen LogP contribution is -2.29. The van der Waals surface area contributed by atoms with E-state index in [1.165, 1.54) is 13.1 Å². The number of amides is 5. The van der Waals surface area contributed by atoms with Crippen LogP contribution in [0.15, 0.2) is 48.8 Å². The van der Waals surface area contributed by atoms with E-state index in [0.29, 0.717) is 29.5 Å². The Balaban J connectivity index is 1.23. The van der Waals surface area contributed by atoms with Crippen LogP contribution in [0.2, 0.25) is 0 Å². The Bertz CT molecular complexity index is 1570. The highest BCUT2D eigenvalue weighted by molar-refractivity contribution is 6.04. The minimum absolute atomic E-state index is 0.00456. The van der Waals surface area contributed by atoms with Crippen molar-refractivity contribution in [3.05, 3.63) is 93.6 Å². The number of urea groups is 1. The number of benzene rings is 2. The molecule has 204 valence electrons. The summed E-state index contributed by atoms with van der Waals surface area (Å²) in [4.78, 5) is 70.3. The first kappa shape index (κ1) is 26.5. The molecule has 0 radical (unpaired) electrons. The predicted molar refractivity (Wildman–Crippen MR) is 140 cm³/mol. The molecule has 0 bridgehead atoms. The molecule has 1 fully saturated rings. The maximum atomic E-state index is 13.0. The molecule has 40 heavy (non-hydrogen) atoms. The molecule has 1 aliphatic heterocycles. The molecule has 0 spiro atoms. The first-order chi connectivity index (χ1) is 19.1. The Morgan fingerprint density at radius 1 is 1.07 bits per heavy atom. The van der Waals surface area contributed by atoms with E-state index >= 15 is 0 Å². The van der Waals surface area contributed by atoms with E-state index in [9.17, 15) is 29.1 Å². The number of aromatic carboxylic acids is 1. The summed E-state index contributed by atoms with van der Waals surface area (Å²) in [7, 11) is 1.41. The highest BCUT2D eigenvalue weighted by Crippen LogP contribution is 2.34. The Labute approximate surface area is 228 Å². The number of carbonyl (C=O) groups excluding carboxylic acids is 4. The number of carbonyl (C=O) groups is 5. The van der Waals surface area contributed by atoms with Crippen molar-refractivity contribution in [2.45, 2.75) is 38.4 Å². The third kappa shape index (κ3) is 4.98. The molecule has 12 nitrogen and oxygen atoms in total. The number of nitrogens with zero attached hydrogens (tertiary/aromatic N) is 3. The van der Waals surface area contributed by atoms with Gasteiger partial charge in [0.2, 0.25) is 0 Å². The van der Waals surface area contributed by atoms with Crippen molar-refractivity contribution >= 4 is 29.7 Å². The van der Waals surface area contributed by atoms with E-state index in [0.717, 1.165) is 22.4 Å². The van der Waals surface area contributed by atoms with Crippen LogP contribution in [0.3, 0.4) is 0 Å². The number of likely N-dealkylation sites (N-methyl/N-ethyl adjacent to an activating group) is 1. The van der Waals surface area contributed by atoms with Gasteiger partial charge in [0.05, 0.1) is 11.6 Å². The number of carboxylic acids is 1. The van der Waals surface area contributed by atoms with Crippen LogP contribution in [0.25, 0.3) is 0 Å². The summed E-state index contributed by atoms with van der Waals surface area (Å²) in [5.41, 5.74) is 4.06. The number of hydrogen-bond acceptors (Lipinski definition) is 7. The zero-order valence-corrected chi connectivity index (χ0v) is 21.7. The average Bonchev–Trinajstić information content (AvgIpc) is 3.48. The second-order valence-corrected chi connectivity index (χ2v) is 9.67. The van der Waals surface area contributed by atoms with Crippen LogP contribution >= 0.6 is 0 Å². The molecule has 1 aromatic heterocycles. The highest BCUT2D eigenvalue weighted by Gasteiger charge is 2.36. The second kappa shape index (κ2) is 10.6. The molecule has 2 atom stereocenters. The standard InChI is InChI=1S/C28H26N6O6/c1-14-17-8-9-20(19(17)7-6-18(14)27(38)39)32-25(36)22-11-21(30-13-31-22)24(35)29-12-15-4-3-5-16(10-15)23-26(37)34(2)28(40)33-23/h3-7,10-11,13,20,23H,8-9,12H2,1-2H3,(H,29,35)(H,32,36)(H,33,40)(H,38,39)/t20-,23?/m0/s1. The molecule has 4 N–H and O–H groups in total. The van der Waals surface area contributed by atoms with Crippen LogP contribution in [0.1, 0.15) is 77.7 Å². The molecular weight excluding hydrogens is 516 g/mol. The molecule has 12 heteroatoms. The number of carboxylic acid groups (broad SMARTS) is 1. The van der Waals surface area contributed by atoms with Crippen molar-refractivity contribution in [1.29, 1.82) is 0 Å². The monoisotopic (exact) mass is 542 g/mol. The van der Waals surface area contributed by atoms with E-state index in [-0.39, 0.29) is 35.4 Å². The summed E-state index contributed by atoms with van der Waals surface area (Å²) in [6, 6.07) is 9.96. The van der Waals surface area contributed by atoms with Gasteiger partial charge in [0, 0.05) is 19.7 Å². The van der Waals surface area contributed by atoms with Crippen LogP contribution in [0.5, 0.6) is 0 Å². The maximum absolute atomic E-state index is 13.0. The molecule has 1 saturated heterocycles. The quantitative estimate of drug-likeness (QED) is 0.329. The van der Waals surface area contributed by atoms with Gasteiger partial charge in [0.15, 0.2) is 0 Å². The molecule has 1 aliphatic carbocycles. The van der Waals surface area contributed by atoms with E-state index in [4.69, 9.17) is 0 Å². The summed E-state index contributed by atoms with van der Waals surface area (Å²) in [6.45, 7) is 1.89. The number of rotatable bonds is 7. The van der Waals surface area contributed by atoms with Crippen molar-refractivity contribution in [2.75, 3.05) is 7.05 Å². The molecule has 2 aliphatic rings. The fourth-order valence-electron chi connectivity index (χ4n) is 5.06. The van der Waals surface area contributed by atoms with Crippen molar-refractivity contribution < 1.29 is 29.1 Å². The Hall–Kier alpha value is -5.13. The average molecular weight is 543 g/mol. The Kier molecular flexibility index (Phi) is 6.99. The van der Waals surface area contributed by atoms with Crippen molar-refractivity contribution in [3.63, 3.8) is 0 Å². The molecular formula is C28H26N6O6. The van der Waals surface area contributed by atoms with Crippen LogP contribution in [-0.4, -0.2) is 56.7 Å². The molecule has 2 aromatic carbocycles. The fraction of sp³-hybridized carbons (Fsp3) is 0.250. The third-order valence-electron chi connectivity index (χ3n) is 7.25. The fourth-order valence-corrected chi connectivity index (χ4v) is 5.06. The van der Waals surface area contributed by atoms with Gasteiger partial charge in [0.25, 0.3) is 17.7 Å². The second-order valence-electron chi connectivity index (χ2n) is 9.67. The third-order valence-corrected chi connectivity index (χ3v) is 7.25. The molecule has 0 saturated carbocycles. The largest absolute Gasteiger partial charge is 0.478 e. The summed E-state index contributed by atoms with van der Waals surface area (Å²) >= 11 is 0. The minimum atomic E-state index is -0.988. The van der Waals surface area contributed by atoms with Crippen molar-refractivity contribution in [1.82, 2.24) is 30.8 Å². The van der Waals surface area contributed by atoms with Gasteiger partial charge in [-0.25, -0.2) is 19.6 Å². The van der Waals surface area contributed by atoms with Crippen molar-refractivity contribution in [3.8, 4) is 0 Å². The first-order valence-corrected chi connectivity index (χ1v) is 12.6. The summed E-state index contributed by atoms with van der Waals surface area (Å²) < 4.78 is 0. The molecule has 5 amide bonds. The van der Waals surface area contributed by atoms with Gasteiger partial charge in [-0.15, -0.1) is 0 Å². The number of nitrogens with one attached hydrogen (secondary N) is 3. The zero-order valence-electron chi connectivity index (χ0n) is 21.7. The molecule has 1 unspecified atom stereocenters. The van der Waals surface area contributed by atoms with E-state index in [1.54, 1.807) is 43.3 Å². The lowest BCUT2D eigenvalue weighted by atomic mass is 9.98. The molecule has 3 aromatic rings.